The van der Waals surface area contributed by atoms with Crippen LogP contribution in [0, 0.1) is 0 Å². The summed E-state index contributed by atoms with van der Waals surface area (Å²) in [5.41, 5.74) is 1.78. The first kappa shape index (κ1) is 12.2. The molecule has 1 fully saturated rings. The second-order valence-corrected chi connectivity index (χ2v) is 5.00. The number of likely N-dealkylation sites (tertiary alicyclic amines) is 1. The Morgan fingerprint density at radius 2 is 1.79 bits per heavy atom. The Morgan fingerprint density at radius 1 is 1.05 bits per heavy atom. The lowest BCUT2D eigenvalue weighted by atomic mass is 9.99. The zero-order chi connectivity index (χ0) is 13.1. The lowest BCUT2D eigenvalue weighted by Gasteiger charge is -2.26. The van der Waals surface area contributed by atoms with Crippen molar-refractivity contribution in [2.45, 2.75) is 18.9 Å². The molecule has 0 saturated carbocycles. The van der Waals surface area contributed by atoms with Gasteiger partial charge in [0.2, 0.25) is 5.78 Å². The predicted octanol–water partition coefficient (Wildman–Crippen LogP) is 3.03. The molecule has 3 rings (SSSR count). The summed E-state index contributed by atoms with van der Waals surface area (Å²) in [5, 5.41) is 0. The van der Waals surface area contributed by atoms with Crippen molar-refractivity contribution in [1.29, 1.82) is 0 Å². The van der Waals surface area contributed by atoms with Crippen LogP contribution in [0.4, 0.5) is 0 Å². The van der Waals surface area contributed by atoms with Crippen molar-refractivity contribution in [3.63, 3.8) is 0 Å². The Hall–Kier alpha value is -1.87. The van der Waals surface area contributed by atoms with Gasteiger partial charge >= 0.3 is 0 Å². The maximum Gasteiger partial charge on any atom is 0.200 e. The van der Waals surface area contributed by atoms with Crippen LogP contribution < -0.4 is 0 Å². The normalized spacial score (nSPS) is 17.5. The number of rotatable bonds is 4. The standard InChI is InChI=1S/C16H18N2O/c19-16(14-9-6-10-17-14)15(18-11-4-5-12-18)13-7-2-1-3-8-13/h1-3,6-10,15,17H,4-5,11-12H2/t15-/m1/s1. The Balaban J connectivity index is 1.94. The lowest BCUT2D eigenvalue weighted by Crippen LogP contribution is -2.32. The van der Waals surface area contributed by atoms with E-state index in [9.17, 15) is 4.79 Å². The average Bonchev–Trinajstić information content (AvgIpc) is 3.13. The molecule has 2 aromatic rings. The fraction of sp³-hybridized carbons (Fsp3) is 0.312. The Labute approximate surface area is 113 Å². The Kier molecular flexibility index (Phi) is 3.47. The van der Waals surface area contributed by atoms with Crippen molar-refractivity contribution < 1.29 is 4.79 Å². The summed E-state index contributed by atoms with van der Waals surface area (Å²) in [4.78, 5) is 18.0. The van der Waals surface area contributed by atoms with Crippen molar-refractivity contribution in [1.82, 2.24) is 9.88 Å². The first-order valence-corrected chi connectivity index (χ1v) is 6.83. The van der Waals surface area contributed by atoms with E-state index in [2.05, 4.69) is 9.88 Å². The number of aromatic nitrogens is 1. The number of H-pyrrole nitrogens is 1. The maximum absolute atomic E-state index is 12.7. The van der Waals surface area contributed by atoms with Gasteiger partial charge in [-0.05, 0) is 43.6 Å². The number of ketones is 1. The molecule has 19 heavy (non-hydrogen) atoms. The van der Waals surface area contributed by atoms with Gasteiger partial charge in [-0.3, -0.25) is 9.69 Å². The summed E-state index contributed by atoms with van der Waals surface area (Å²) >= 11 is 0. The van der Waals surface area contributed by atoms with Crippen molar-refractivity contribution in [2.75, 3.05) is 13.1 Å². The van der Waals surface area contributed by atoms with Gasteiger partial charge < -0.3 is 4.98 Å². The van der Waals surface area contributed by atoms with Crippen LogP contribution in [0.25, 0.3) is 0 Å². The number of benzene rings is 1. The monoisotopic (exact) mass is 254 g/mol. The van der Waals surface area contributed by atoms with Crippen LogP contribution in [0.15, 0.2) is 48.7 Å². The molecule has 3 heteroatoms. The van der Waals surface area contributed by atoms with Crippen LogP contribution in [-0.2, 0) is 0 Å². The molecule has 0 aliphatic carbocycles. The summed E-state index contributed by atoms with van der Waals surface area (Å²) in [6.45, 7) is 2.01. The number of carbonyl (C=O) groups excluding carboxylic acids is 1. The summed E-state index contributed by atoms with van der Waals surface area (Å²) in [7, 11) is 0. The zero-order valence-electron chi connectivity index (χ0n) is 10.9. The number of hydrogen-bond acceptors (Lipinski definition) is 2. The van der Waals surface area contributed by atoms with E-state index in [0.29, 0.717) is 5.69 Å². The molecule has 0 unspecified atom stereocenters. The SMILES string of the molecule is O=C(c1ccc[nH]1)[C@@H](c1ccccc1)N1CCCC1. The smallest absolute Gasteiger partial charge is 0.200 e. The summed E-state index contributed by atoms with van der Waals surface area (Å²) in [5.74, 6) is 0.165. The van der Waals surface area contributed by atoms with E-state index in [1.165, 1.54) is 12.8 Å². The molecular weight excluding hydrogens is 236 g/mol. The van der Waals surface area contributed by atoms with Gasteiger partial charge in [0.15, 0.2) is 0 Å². The van der Waals surface area contributed by atoms with Gasteiger partial charge in [-0.1, -0.05) is 30.3 Å². The fourth-order valence-corrected chi connectivity index (χ4v) is 2.79. The van der Waals surface area contributed by atoms with Crippen LogP contribution in [0.3, 0.4) is 0 Å². The fourth-order valence-electron chi connectivity index (χ4n) is 2.79. The van der Waals surface area contributed by atoms with Gasteiger partial charge in [-0.2, -0.15) is 0 Å². The van der Waals surface area contributed by atoms with Gasteiger partial charge in [0, 0.05) is 6.20 Å². The Morgan fingerprint density at radius 3 is 2.42 bits per heavy atom. The summed E-state index contributed by atoms with van der Waals surface area (Å²) < 4.78 is 0. The minimum absolute atomic E-state index is 0.151. The molecule has 1 atom stereocenters. The second-order valence-electron chi connectivity index (χ2n) is 5.00. The molecule has 98 valence electrons. The van der Waals surface area contributed by atoms with Crippen LogP contribution in [-0.4, -0.2) is 28.8 Å². The van der Waals surface area contributed by atoms with E-state index >= 15 is 0 Å². The highest BCUT2D eigenvalue weighted by molar-refractivity contribution is 5.99. The number of nitrogens with one attached hydrogen (secondary N) is 1. The number of carbonyl (C=O) groups is 1. The Bertz CT molecular complexity index is 527. The highest BCUT2D eigenvalue weighted by atomic mass is 16.1. The molecule has 1 N–H and O–H groups in total. The number of aromatic amines is 1. The second kappa shape index (κ2) is 5.41. The first-order valence-electron chi connectivity index (χ1n) is 6.83. The van der Waals surface area contributed by atoms with Gasteiger partial charge in [0.25, 0.3) is 0 Å². The van der Waals surface area contributed by atoms with Crippen LogP contribution in [0.5, 0.6) is 0 Å². The molecule has 0 spiro atoms. The largest absolute Gasteiger partial charge is 0.359 e. The highest BCUT2D eigenvalue weighted by Crippen LogP contribution is 2.28. The molecule has 1 aromatic carbocycles. The highest BCUT2D eigenvalue weighted by Gasteiger charge is 2.30. The number of hydrogen-bond donors (Lipinski definition) is 1. The van der Waals surface area contributed by atoms with Crippen LogP contribution >= 0.6 is 0 Å². The quantitative estimate of drug-likeness (QED) is 0.851. The van der Waals surface area contributed by atoms with Crippen molar-refractivity contribution in [2.24, 2.45) is 0 Å². The van der Waals surface area contributed by atoms with Crippen molar-refractivity contribution in [3.8, 4) is 0 Å². The number of nitrogens with zero attached hydrogens (tertiary/aromatic N) is 1. The average molecular weight is 254 g/mol. The molecule has 0 bridgehead atoms. The molecule has 0 amide bonds. The van der Waals surface area contributed by atoms with E-state index < -0.39 is 0 Å². The predicted molar refractivity (Wildman–Crippen MR) is 75.1 cm³/mol. The third-order valence-corrected chi connectivity index (χ3v) is 3.73. The first-order chi connectivity index (χ1) is 9.36. The molecular formula is C16H18N2O. The summed E-state index contributed by atoms with van der Waals surface area (Å²) in [6, 6.07) is 13.7. The molecule has 2 heterocycles. The van der Waals surface area contributed by atoms with Crippen LogP contribution in [0.1, 0.15) is 34.9 Å². The van der Waals surface area contributed by atoms with E-state index in [-0.39, 0.29) is 11.8 Å². The minimum Gasteiger partial charge on any atom is -0.359 e. The van der Waals surface area contributed by atoms with Gasteiger partial charge in [0.05, 0.1) is 5.69 Å². The van der Waals surface area contributed by atoms with Gasteiger partial charge in [-0.15, -0.1) is 0 Å². The molecule has 1 aliphatic rings. The number of Topliss-reactive ketones (excluding diaryl/α,β-unsaturated/α-hetero) is 1. The third kappa shape index (κ3) is 2.47. The van der Waals surface area contributed by atoms with Crippen molar-refractivity contribution in [3.05, 3.63) is 59.9 Å². The molecule has 1 aliphatic heterocycles. The maximum atomic E-state index is 12.7. The third-order valence-electron chi connectivity index (χ3n) is 3.73. The zero-order valence-corrected chi connectivity index (χ0v) is 10.9. The lowest BCUT2D eigenvalue weighted by molar-refractivity contribution is 0.0844. The molecule has 0 radical (unpaired) electrons. The molecule has 1 saturated heterocycles. The van der Waals surface area contributed by atoms with E-state index in [0.717, 1.165) is 18.7 Å². The van der Waals surface area contributed by atoms with E-state index in [4.69, 9.17) is 0 Å². The molecule has 3 nitrogen and oxygen atoms in total. The van der Waals surface area contributed by atoms with Gasteiger partial charge in [0.1, 0.15) is 6.04 Å². The van der Waals surface area contributed by atoms with E-state index in [1.807, 2.05) is 42.5 Å². The topological polar surface area (TPSA) is 36.1 Å². The minimum atomic E-state index is -0.151. The van der Waals surface area contributed by atoms with E-state index in [1.54, 1.807) is 6.20 Å². The van der Waals surface area contributed by atoms with Gasteiger partial charge in [-0.25, -0.2) is 0 Å². The van der Waals surface area contributed by atoms with Crippen LogP contribution in [0.2, 0.25) is 0 Å². The molecule has 1 aromatic heterocycles. The van der Waals surface area contributed by atoms with Crippen molar-refractivity contribution >= 4 is 5.78 Å². The summed E-state index contributed by atoms with van der Waals surface area (Å²) in [6.07, 6.45) is 4.17.